The zero-order valence-electron chi connectivity index (χ0n) is 24.5. The molecule has 1 saturated heterocycles. The Morgan fingerprint density at radius 3 is 2.48 bits per heavy atom. The molecular formula is C31H31N9O3S. The van der Waals surface area contributed by atoms with Gasteiger partial charge in [0.25, 0.3) is 0 Å². The predicted molar refractivity (Wildman–Crippen MR) is 169 cm³/mol. The first kappa shape index (κ1) is 28.9. The standard InChI is InChI=1S/C31H31N9O3S/c1-31(2,3)25-15-26(40(38-25)22-7-6-13-32-18-22)37-28(42)36-21-16-33-29(34-17-21)43-23-11-9-20(10-12-23)24-19-35-30(44-24)39-14-5-4-8-27(39)41/h6-7,9-13,15-19H,4-5,8,14H2,1-3H3,(H2,36,37,42). The number of piperidine rings is 1. The summed E-state index contributed by atoms with van der Waals surface area (Å²) in [7, 11) is 0. The summed E-state index contributed by atoms with van der Waals surface area (Å²) in [6, 6.07) is 12.7. The Morgan fingerprint density at radius 1 is 0.977 bits per heavy atom. The molecule has 0 bridgehead atoms. The maximum atomic E-state index is 12.9. The van der Waals surface area contributed by atoms with Crippen molar-refractivity contribution in [2.75, 3.05) is 22.1 Å². The van der Waals surface area contributed by atoms with E-state index in [1.807, 2.05) is 42.5 Å². The fourth-order valence-electron chi connectivity index (χ4n) is 4.55. The molecule has 1 aromatic carbocycles. The predicted octanol–water partition coefficient (Wildman–Crippen LogP) is 6.43. The largest absolute Gasteiger partial charge is 0.424 e. The van der Waals surface area contributed by atoms with E-state index < -0.39 is 6.03 Å². The lowest BCUT2D eigenvalue weighted by molar-refractivity contribution is -0.119. The van der Waals surface area contributed by atoms with Gasteiger partial charge in [-0.15, -0.1) is 0 Å². The number of nitrogens with zero attached hydrogens (tertiary/aromatic N) is 7. The minimum absolute atomic E-state index is 0.130. The molecule has 0 unspecified atom stereocenters. The van der Waals surface area contributed by atoms with Crippen LogP contribution in [0, 0.1) is 0 Å². The zero-order chi connectivity index (χ0) is 30.7. The van der Waals surface area contributed by atoms with Crippen LogP contribution < -0.4 is 20.3 Å². The number of hydrogen-bond acceptors (Lipinski definition) is 9. The average molecular weight is 610 g/mol. The maximum absolute atomic E-state index is 12.9. The number of rotatable bonds is 7. The van der Waals surface area contributed by atoms with E-state index in [1.165, 1.54) is 23.7 Å². The lowest BCUT2D eigenvalue weighted by Gasteiger charge is -2.23. The fraction of sp³-hybridized carbons (Fsp3) is 0.258. The molecule has 0 radical (unpaired) electrons. The highest BCUT2D eigenvalue weighted by atomic mass is 32.1. The fourth-order valence-corrected chi connectivity index (χ4v) is 5.51. The molecule has 224 valence electrons. The number of carbonyl (C=O) groups excluding carboxylic acids is 2. The molecule has 1 aliphatic heterocycles. The highest BCUT2D eigenvalue weighted by Gasteiger charge is 2.23. The Kier molecular flexibility index (Phi) is 8.03. The summed E-state index contributed by atoms with van der Waals surface area (Å²) in [4.78, 5) is 44.9. The van der Waals surface area contributed by atoms with Gasteiger partial charge in [0.15, 0.2) is 5.13 Å². The third-order valence-electron chi connectivity index (χ3n) is 6.89. The van der Waals surface area contributed by atoms with Crippen LogP contribution in [-0.4, -0.2) is 48.2 Å². The SMILES string of the molecule is CC(C)(C)c1cc(NC(=O)Nc2cnc(Oc3ccc(-c4cnc(N5CCCCC5=O)s4)cc3)nc2)n(-c2cccnc2)n1. The molecule has 1 aliphatic rings. The van der Waals surface area contributed by atoms with Crippen LogP contribution in [0.5, 0.6) is 11.8 Å². The summed E-state index contributed by atoms with van der Waals surface area (Å²) < 4.78 is 7.45. The van der Waals surface area contributed by atoms with Crippen molar-refractivity contribution < 1.29 is 14.3 Å². The molecule has 4 aromatic heterocycles. The normalized spacial score (nSPS) is 13.5. The summed E-state index contributed by atoms with van der Waals surface area (Å²) in [5, 5.41) is 11.0. The highest BCUT2D eigenvalue weighted by Crippen LogP contribution is 2.34. The lowest BCUT2D eigenvalue weighted by Crippen LogP contribution is -2.34. The number of pyridine rings is 1. The number of amides is 3. The van der Waals surface area contributed by atoms with Gasteiger partial charge in [0.05, 0.1) is 40.5 Å². The van der Waals surface area contributed by atoms with E-state index in [2.05, 4.69) is 56.4 Å². The summed E-state index contributed by atoms with van der Waals surface area (Å²) >= 11 is 1.50. The molecule has 0 atom stereocenters. The molecule has 44 heavy (non-hydrogen) atoms. The second kappa shape index (κ2) is 12.2. The Hall–Kier alpha value is -5.17. The van der Waals surface area contributed by atoms with Gasteiger partial charge in [-0.25, -0.2) is 24.4 Å². The molecule has 6 rings (SSSR count). The first-order valence-corrected chi connectivity index (χ1v) is 15.0. The molecule has 0 saturated carbocycles. The molecule has 2 N–H and O–H groups in total. The van der Waals surface area contributed by atoms with Gasteiger partial charge in [0, 0.05) is 36.8 Å². The molecule has 13 heteroatoms. The van der Waals surface area contributed by atoms with Crippen molar-refractivity contribution in [2.24, 2.45) is 0 Å². The topological polar surface area (TPSA) is 140 Å². The minimum atomic E-state index is -0.473. The molecule has 1 fully saturated rings. The molecular weight excluding hydrogens is 578 g/mol. The van der Waals surface area contributed by atoms with Gasteiger partial charge in [-0.1, -0.05) is 32.1 Å². The summed E-state index contributed by atoms with van der Waals surface area (Å²) in [5.74, 6) is 1.19. The zero-order valence-corrected chi connectivity index (χ0v) is 25.3. The third-order valence-corrected chi connectivity index (χ3v) is 7.96. The van der Waals surface area contributed by atoms with Gasteiger partial charge in [-0.3, -0.25) is 20.0 Å². The summed E-state index contributed by atoms with van der Waals surface area (Å²) in [6.45, 7) is 6.88. The van der Waals surface area contributed by atoms with Gasteiger partial charge in [-0.05, 0) is 54.8 Å². The first-order chi connectivity index (χ1) is 21.2. The number of aromatic nitrogens is 6. The summed E-state index contributed by atoms with van der Waals surface area (Å²) in [6.07, 6.45) is 10.6. The molecule has 5 heterocycles. The molecule has 3 amide bonds. The number of ether oxygens (including phenoxy) is 1. The van der Waals surface area contributed by atoms with Crippen LogP contribution in [0.15, 0.2) is 73.4 Å². The van der Waals surface area contributed by atoms with Crippen molar-refractivity contribution in [2.45, 2.75) is 45.4 Å². The second-order valence-electron chi connectivity index (χ2n) is 11.3. The maximum Gasteiger partial charge on any atom is 0.324 e. The number of anilines is 3. The van der Waals surface area contributed by atoms with Crippen molar-refractivity contribution in [1.29, 1.82) is 0 Å². The van der Waals surface area contributed by atoms with Crippen molar-refractivity contribution in [1.82, 2.24) is 29.7 Å². The van der Waals surface area contributed by atoms with Crippen LogP contribution in [0.1, 0.15) is 45.7 Å². The Bertz CT molecular complexity index is 1760. The summed E-state index contributed by atoms with van der Waals surface area (Å²) in [5.41, 5.74) is 2.68. The molecule has 0 spiro atoms. The second-order valence-corrected chi connectivity index (χ2v) is 12.3. The van der Waals surface area contributed by atoms with Crippen molar-refractivity contribution in [3.8, 4) is 27.9 Å². The van der Waals surface area contributed by atoms with Crippen LogP contribution in [0.3, 0.4) is 0 Å². The molecule has 12 nitrogen and oxygen atoms in total. The quantitative estimate of drug-likeness (QED) is 0.215. The van der Waals surface area contributed by atoms with Crippen molar-refractivity contribution in [3.63, 3.8) is 0 Å². The van der Waals surface area contributed by atoms with Gasteiger partial charge in [0.2, 0.25) is 5.91 Å². The van der Waals surface area contributed by atoms with Crippen molar-refractivity contribution in [3.05, 3.63) is 79.1 Å². The minimum Gasteiger partial charge on any atom is -0.424 e. The molecule has 5 aromatic rings. The van der Waals surface area contributed by atoms with Crippen LogP contribution in [0.2, 0.25) is 0 Å². The van der Waals surface area contributed by atoms with E-state index in [1.54, 1.807) is 28.2 Å². The number of benzene rings is 1. The van der Waals surface area contributed by atoms with Gasteiger partial charge in [0.1, 0.15) is 11.6 Å². The Labute approximate surface area is 258 Å². The van der Waals surface area contributed by atoms with Gasteiger partial charge in [-0.2, -0.15) is 5.10 Å². The number of carbonyl (C=O) groups is 2. The van der Waals surface area contributed by atoms with Gasteiger partial charge >= 0.3 is 12.0 Å². The van der Waals surface area contributed by atoms with E-state index >= 15 is 0 Å². The van der Waals surface area contributed by atoms with Crippen LogP contribution in [-0.2, 0) is 10.2 Å². The third kappa shape index (κ3) is 6.57. The van der Waals surface area contributed by atoms with E-state index in [9.17, 15) is 9.59 Å². The van der Waals surface area contributed by atoms with E-state index in [4.69, 9.17) is 4.74 Å². The molecule has 0 aliphatic carbocycles. The number of nitrogens with one attached hydrogen (secondary N) is 2. The Morgan fingerprint density at radius 2 is 1.77 bits per heavy atom. The monoisotopic (exact) mass is 609 g/mol. The van der Waals surface area contributed by atoms with E-state index in [0.29, 0.717) is 30.2 Å². The Balaban J connectivity index is 1.07. The van der Waals surface area contributed by atoms with Crippen LogP contribution in [0.4, 0.5) is 21.4 Å². The van der Waals surface area contributed by atoms with Crippen LogP contribution in [0.25, 0.3) is 16.1 Å². The smallest absolute Gasteiger partial charge is 0.324 e. The number of urea groups is 1. The number of thiazole rings is 1. The lowest BCUT2D eigenvalue weighted by atomic mass is 9.92. The highest BCUT2D eigenvalue weighted by molar-refractivity contribution is 7.19. The van der Waals surface area contributed by atoms with E-state index in [-0.39, 0.29) is 17.3 Å². The number of hydrogen-bond donors (Lipinski definition) is 2. The average Bonchev–Trinajstić information content (AvgIpc) is 3.68. The van der Waals surface area contributed by atoms with Gasteiger partial charge < -0.3 is 10.1 Å². The van der Waals surface area contributed by atoms with Crippen molar-refractivity contribution >= 4 is 39.9 Å². The van der Waals surface area contributed by atoms with Crippen LogP contribution >= 0.6 is 11.3 Å². The first-order valence-electron chi connectivity index (χ1n) is 14.2. The van der Waals surface area contributed by atoms with E-state index in [0.717, 1.165) is 39.8 Å².